The summed E-state index contributed by atoms with van der Waals surface area (Å²) in [4.78, 5) is 12.2. The van der Waals surface area contributed by atoms with Crippen LogP contribution in [-0.4, -0.2) is 54.5 Å². The van der Waals surface area contributed by atoms with Gasteiger partial charge in [-0.15, -0.1) is 0 Å². The van der Waals surface area contributed by atoms with E-state index in [4.69, 9.17) is 9.84 Å². The Morgan fingerprint density at radius 2 is 2.14 bits per heavy atom. The van der Waals surface area contributed by atoms with Crippen LogP contribution < -0.4 is 5.32 Å². The Labute approximate surface area is 83.0 Å². The highest BCUT2D eigenvalue weighted by Gasteiger charge is 2.37. The van der Waals surface area contributed by atoms with Crippen molar-refractivity contribution in [2.24, 2.45) is 0 Å². The first-order valence-electron chi connectivity index (χ1n) is 5.04. The van der Waals surface area contributed by atoms with Crippen LogP contribution in [0.4, 0.5) is 4.79 Å². The molecule has 2 rings (SSSR count). The van der Waals surface area contributed by atoms with Crippen LogP contribution >= 0.6 is 0 Å². The number of hydrogen-bond donors (Lipinski definition) is 2. The van der Waals surface area contributed by atoms with Crippen LogP contribution in [0.15, 0.2) is 0 Å². The van der Waals surface area contributed by atoms with E-state index in [1.807, 2.05) is 0 Å². The number of hydrogen-bond acceptors (Lipinski definition) is 3. The van der Waals surface area contributed by atoms with E-state index in [2.05, 4.69) is 5.32 Å². The lowest BCUT2D eigenvalue weighted by Crippen LogP contribution is -2.56. The van der Waals surface area contributed by atoms with Crippen molar-refractivity contribution in [3.63, 3.8) is 0 Å². The van der Waals surface area contributed by atoms with Crippen molar-refractivity contribution in [2.45, 2.75) is 18.4 Å². The van der Waals surface area contributed by atoms with E-state index in [1.165, 1.54) is 4.90 Å². The molecule has 0 aliphatic carbocycles. The number of piperidine rings is 1. The van der Waals surface area contributed by atoms with E-state index in [-0.39, 0.29) is 5.60 Å². The minimum absolute atomic E-state index is 0.0931. The zero-order chi connectivity index (χ0) is 10.0. The number of nitrogens with one attached hydrogen (secondary N) is 1. The van der Waals surface area contributed by atoms with Crippen LogP contribution in [0.2, 0.25) is 0 Å². The Bertz CT molecular complexity index is 216. The molecular weight excluding hydrogens is 184 g/mol. The molecule has 0 bridgehead atoms. The molecule has 5 nitrogen and oxygen atoms in total. The third-order valence-corrected chi connectivity index (χ3v) is 3.08. The Kier molecular flexibility index (Phi) is 2.60. The van der Waals surface area contributed by atoms with Crippen molar-refractivity contribution in [3.8, 4) is 0 Å². The van der Waals surface area contributed by atoms with Crippen molar-refractivity contribution in [3.05, 3.63) is 0 Å². The molecule has 14 heavy (non-hydrogen) atoms. The van der Waals surface area contributed by atoms with Crippen LogP contribution in [-0.2, 0) is 4.74 Å². The van der Waals surface area contributed by atoms with Crippen LogP contribution in [0.3, 0.4) is 0 Å². The number of nitrogens with zero attached hydrogens (tertiary/aromatic N) is 1. The number of carboxylic acid groups (broad SMARTS) is 1. The van der Waals surface area contributed by atoms with E-state index < -0.39 is 6.09 Å². The average Bonchev–Trinajstić information content (AvgIpc) is 2.19. The number of carbonyl (C=O) groups is 1. The second-order valence-electron chi connectivity index (χ2n) is 3.98. The fourth-order valence-electron chi connectivity index (χ4n) is 2.13. The molecule has 0 atom stereocenters. The molecule has 1 amide bonds. The third-order valence-electron chi connectivity index (χ3n) is 3.08. The summed E-state index contributed by atoms with van der Waals surface area (Å²) >= 11 is 0. The summed E-state index contributed by atoms with van der Waals surface area (Å²) in [5, 5.41) is 12.1. The molecule has 0 saturated carbocycles. The van der Waals surface area contributed by atoms with E-state index in [9.17, 15) is 4.79 Å². The van der Waals surface area contributed by atoms with Crippen molar-refractivity contribution >= 4 is 6.09 Å². The predicted molar refractivity (Wildman–Crippen MR) is 50.4 cm³/mol. The summed E-state index contributed by atoms with van der Waals surface area (Å²) in [5.41, 5.74) is -0.0931. The zero-order valence-electron chi connectivity index (χ0n) is 8.16. The van der Waals surface area contributed by atoms with Crippen LogP contribution in [0.1, 0.15) is 12.8 Å². The quantitative estimate of drug-likeness (QED) is 0.583. The number of amides is 1. The number of ether oxygens (including phenoxy) is 1. The SMILES string of the molecule is O=C(O)N1CCC2(CC1)CNCCO2. The van der Waals surface area contributed by atoms with Gasteiger partial charge in [0.25, 0.3) is 0 Å². The van der Waals surface area contributed by atoms with Gasteiger partial charge in [-0.3, -0.25) is 0 Å². The molecule has 2 fully saturated rings. The van der Waals surface area contributed by atoms with Gasteiger partial charge in [-0.2, -0.15) is 0 Å². The number of morpholine rings is 1. The van der Waals surface area contributed by atoms with Gasteiger partial charge < -0.3 is 20.1 Å². The summed E-state index contributed by atoms with van der Waals surface area (Å²) in [7, 11) is 0. The van der Waals surface area contributed by atoms with Gasteiger partial charge in [-0.05, 0) is 12.8 Å². The lowest BCUT2D eigenvalue weighted by atomic mass is 9.90. The molecule has 0 radical (unpaired) electrons. The van der Waals surface area contributed by atoms with E-state index in [0.29, 0.717) is 13.1 Å². The lowest BCUT2D eigenvalue weighted by molar-refractivity contribution is -0.0962. The fraction of sp³-hybridized carbons (Fsp3) is 0.889. The summed E-state index contributed by atoms with van der Waals surface area (Å²) in [6.07, 6.45) is 0.808. The maximum Gasteiger partial charge on any atom is 0.407 e. The van der Waals surface area contributed by atoms with Gasteiger partial charge in [0, 0.05) is 26.2 Å². The second-order valence-corrected chi connectivity index (χ2v) is 3.98. The second kappa shape index (κ2) is 3.74. The van der Waals surface area contributed by atoms with Crippen molar-refractivity contribution in [1.29, 1.82) is 0 Å². The van der Waals surface area contributed by atoms with Gasteiger partial charge in [-0.1, -0.05) is 0 Å². The van der Waals surface area contributed by atoms with Crippen LogP contribution in [0.25, 0.3) is 0 Å². The van der Waals surface area contributed by atoms with E-state index in [0.717, 1.165) is 32.5 Å². The average molecular weight is 200 g/mol. The van der Waals surface area contributed by atoms with Crippen molar-refractivity contribution in [1.82, 2.24) is 10.2 Å². The largest absolute Gasteiger partial charge is 0.465 e. The first kappa shape index (κ1) is 9.73. The number of likely N-dealkylation sites (tertiary alicyclic amines) is 1. The smallest absolute Gasteiger partial charge is 0.407 e. The highest BCUT2D eigenvalue weighted by molar-refractivity contribution is 5.65. The first-order chi connectivity index (χ1) is 6.72. The normalized spacial score (nSPS) is 26.4. The molecule has 2 N–H and O–H groups in total. The van der Waals surface area contributed by atoms with Gasteiger partial charge in [0.2, 0.25) is 0 Å². The minimum Gasteiger partial charge on any atom is -0.465 e. The molecule has 2 heterocycles. The van der Waals surface area contributed by atoms with Crippen molar-refractivity contribution in [2.75, 3.05) is 32.8 Å². The summed E-state index contributed by atoms with van der Waals surface area (Å²) < 4.78 is 5.75. The summed E-state index contributed by atoms with van der Waals surface area (Å²) in [6, 6.07) is 0. The Hall–Kier alpha value is -0.810. The summed E-state index contributed by atoms with van der Waals surface area (Å²) in [6.45, 7) is 3.70. The zero-order valence-corrected chi connectivity index (χ0v) is 8.16. The first-order valence-corrected chi connectivity index (χ1v) is 5.04. The third kappa shape index (κ3) is 1.83. The lowest BCUT2D eigenvalue weighted by Gasteiger charge is -2.43. The molecule has 0 aromatic heterocycles. The predicted octanol–water partition coefficient (Wildman–Crippen LogP) is 0.119. The Morgan fingerprint density at radius 1 is 1.43 bits per heavy atom. The molecule has 0 aromatic carbocycles. The molecule has 5 heteroatoms. The van der Waals surface area contributed by atoms with Gasteiger partial charge in [0.15, 0.2) is 0 Å². The maximum atomic E-state index is 10.7. The Morgan fingerprint density at radius 3 is 2.64 bits per heavy atom. The molecule has 2 aliphatic rings. The maximum absolute atomic E-state index is 10.7. The fourth-order valence-corrected chi connectivity index (χ4v) is 2.13. The molecule has 80 valence electrons. The molecule has 0 unspecified atom stereocenters. The van der Waals surface area contributed by atoms with E-state index >= 15 is 0 Å². The van der Waals surface area contributed by atoms with E-state index in [1.54, 1.807) is 0 Å². The van der Waals surface area contributed by atoms with Gasteiger partial charge >= 0.3 is 6.09 Å². The van der Waals surface area contributed by atoms with Crippen LogP contribution in [0, 0.1) is 0 Å². The summed E-state index contributed by atoms with van der Waals surface area (Å²) in [5.74, 6) is 0. The van der Waals surface area contributed by atoms with Crippen molar-refractivity contribution < 1.29 is 14.6 Å². The minimum atomic E-state index is -0.816. The highest BCUT2D eigenvalue weighted by atomic mass is 16.5. The standard InChI is InChI=1S/C9H16N2O3/c12-8(13)11-4-1-9(2-5-11)7-10-3-6-14-9/h10H,1-7H2,(H,12,13). The molecular formula is C9H16N2O3. The Balaban J connectivity index is 1.90. The molecule has 2 saturated heterocycles. The number of rotatable bonds is 0. The molecule has 1 spiro atoms. The van der Waals surface area contributed by atoms with Gasteiger partial charge in [0.05, 0.1) is 12.2 Å². The monoisotopic (exact) mass is 200 g/mol. The van der Waals surface area contributed by atoms with Gasteiger partial charge in [-0.25, -0.2) is 4.79 Å². The molecule has 2 aliphatic heterocycles. The highest BCUT2D eigenvalue weighted by Crippen LogP contribution is 2.27. The van der Waals surface area contributed by atoms with Crippen LogP contribution in [0.5, 0.6) is 0 Å². The molecule has 0 aromatic rings. The van der Waals surface area contributed by atoms with Gasteiger partial charge in [0.1, 0.15) is 0 Å². The topological polar surface area (TPSA) is 61.8 Å².